The summed E-state index contributed by atoms with van der Waals surface area (Å²) in [5.41, 5.74) is 0. The van der Waals surface area contributed by atoms with E-state index in [0.717, 1.165) is 5.75 Å². The maximum atomic E-state index is 9.65. The van der Waals surface area contributed by atoms with Crippen molar-refractivity contribution in [3.63, 3.8) is 0 Å². The molecular weight excluding hydrogens is 230 g/mol. The van der Waals surface area contributed by atoms with Crippen LogP contribution >= 0.6 is 0 Å². The molecule has 0 heterocycles. The summed E-state index contributed by atoms with van der Waals surface area (Å²) in [5, 5.41) is 12.7. The van der Waals surface area contributed by atoms with Gasteiger partial charge in [-0.15, -0.1) is 12.3 Å². The molecule has 0 spiro atoms. The maximum absolute atomic E-state index is 9.65. The van der Waals surface area contributed by atoms with Gasteiger partial charge in [0, 0.05) is 19.5 Å². The van der Waals surface area contributed by atoms with E-state index in [1.54, 1.807) is 19.2 Å². The molecule has 1 unspecified atom stereocenters. The van der Waals surface area contributed by atoms with Crippen molar-refractivity contribution in [3.05, 3.63) is 24.3 Å². The quantitative estimate of drug-likeness (QED) is 0.534. The summed E-state index contributed by atoms with van der Waals surface area (Å²) in [6.07, 6.45) is 5.22. The van der Waals surface area contributed by atoms with Gasteiger partial charge in [-0.25, -0.2) is 0 Å². The van der Waals surface area contributed by atoms with Crippen molar-refractivity contribution in [2.75, 3.05) is 26.8 Å². The van der Waals surface area contributed by atoms with E-state index in [4.69, 9.17) is 15.9 Å². The van der Waals surface area contributed by atoms with Crippen LogP contribution in [0, 0.1) is 12.3 Å². The Morgan fingerprint density at radius 1 is 1.33 bits per heavy atom. The highest BCUT2D eigenvalue weighted by Crippen LogP contribution is 2.16. The fourth-order valence-electron chi connectivity index (χ4n) is 1.35. The Kier molecular flexibility index (Phi) is 6.70. The van der Waals surface area contributed by atoms with Crippen LogP contribution < -0.4 is 14.8 Å². The van der Waals surface area contributed by atoms with Crippen molar-refractivity contribution in [1.29, 1.82) is 0 Å². The number of aliphatic hydroxyl groups is 1. The van der Waals surface area contributed by atoms with Crippen molar-refractivity contribution in [2.24, 2.45) is 0 Å². The molecule has 4 heteroatoms. The molecule has 1 atom stereocenters. The van der Waals surface area contributed by atoms with E-state index in [-0.39, 0.29) is 6.61 Å². The first-order valence-corrected chi connectivity index (χ1v) is 5.85. The molecule has 0 saturated carbocycles. The first kappa shape index (κ1) is 14.4. The van der Waals surface area contributed by atoms with Crippen LogP contribution in [0.5, 0.6) is 11.5 Å². The predicted molar refractivity (Wildman–Crippen MR) is 70.8 cm³/mol. The molecule has 1 aromatic carbocycles. The van der Waals surface area contributed by atoms with Crippen LogP contribution in [0.15, 0.2) is 24.3 Å². The van der Waals surface area contributed by atoms with Crippen molar-refractivity contribution < 1.29 is 14.6 Å². The Bertz CT molecular complexity index is 370. The van der Waals surface area contributed by atoms with Gasteiger partial charge in [-0.3, -0.25) is 0 Å². The van der Waals surface area contributed by atoms with Gasteiger partial charge < -0.3 is 19.9 Å². The van der Waals surface area contributed by atoms with Crippen LogP contribution in [0.4, 0.5) is 0 Å². The van der Waals surface area contributed by atoms with Gasteiger partial charge >= 0.3 is 0 Å². The van der Waals surface area contributed by atoms with Gasteiger partial charge in [-0.2, -0.15) is 0 Å². The highest BCUT2D eigenvalue weighted by Gasteiger charge is 2.04. The summed E-state index contributed by atoms with van der Waals surface area (Å²) >= 11 is 0. The molecule has 4 nitrogen and oxygen atoms in total. The number of nitrogens with one attached hydrogen (secondary N) is 1. The Labute approximate surface area is 108 Å². The topological polar surface area (TPSA) is 50.7 Å². The zero-order chi connectivity index (χ0) is 13.2. The maximum Gasteiger partial charge on any atom is 0.119 e. The number of aliphatic hydroxyl groups excluding tert-OH is 1. The third-order valence-electron chi connectivity index (χ3n) is 2.33. The third kappa shape index (κ3) is 5.58. The van der Waals surface area contributed by atoms with Crippen LogP contribution in [-0.2, 0) is 0 Å². The van der Waals surface area contributed by atoms with E-state index in [1.165, 1.54) is 0 Å². The summed E-state index contributed by atoms with van der Waals surface area (Å²) in [6.45, 7) is 1.42. The number of ether oxygens (including phenoxy) is 2. The standard InChI is InChI=1S/C14H19NO3/c1-3-4-9-15-10-12(16)11-18-14-7-5-13(17-2)6-8-14/h1,5-8,12,15-16H,4,9-11H2,2H3. The minimum Gasteiger partial charge on any atom is -0.497 e. The summed E-state index contributed by atoms with van der Waals surface area (Å²) in [5.74, 6) is 4.01. The van der Waals surface area contributed by atoms with Gasteiger partial charge in [0.1, 0.15) is 24.2 Å². The molecule has 0 radical (unpaired) electrons. The van der Waals surface area contributed by atoms with Crippen LogP contribution in [0.2, 0.25) is 0 Å². The number of rotatable bonds is 8. The molecular formula is C14H19NO3. The summed E-state index contributed by atoms with van der Waals surface area (Å²) in [6, 6.07) is 7.23. The minimum atomic E-state index is -0.551. The van der Waals surface area contributed by atoms with Crippen molar-refractivity contribution >= 4 is 0 Å². The molecule has 0 saturated heterocycles. The molecule has 0 aromatic heterocycles. The first-order valence-electron chi connectivity index (χ1n) is 5.85. The van der Waals surface area contributed by atoms with Gasteiger partial charge in [0.2, 0.25) is 0 Å². The number of hydrogen-bond acceptors (Lipinski definition) is 4. The second-order valence-corrected chi connectivity index (χ2v) is 3.80. The average molecular weight is 249 g/mol. The predicted octanol–water partition coefficient (Wildman–Crippen LogP) is 1.05. The molecule has 1 rings (SSSR count). The smallest absolute Gasteiger partial charge is 0.119 e. The number of methoxy groups -OCH3 is 1. The normalized spacial score (nSPS) is 11.6. The number of terminal acetylenes is 1. The SMILES string of the molecule is C#CCCNCC(O)COc1ccc(OC)cc1. The Morgan fingerprint density at radius 3 is 2.61 bits per heavy atom. The van der Waals surface area contributed by atoms with Gasteiger partial charge in [-0.1, -0.05) is 0 Å². The third-order valence-corrected chi connectivity index (χ3v) is 2.33. The molecule has 2 N–H and O–H groups in total. The fourth-order valence-corrected chi connectivity index (χ4v) is 1.35. The lowest BCUT2D eigenvalue weighted by Gasteiger charge is -2.13. The van der Waals surface area contributed by atoms with E-state index in [2.05, 4.69) is 11.2 Å². The summed E-state index contributed by atoms with van der Waals surface area (Å²) < 4.78 is 10.5. The van der Waals surface area contributed by atoms with Gasteiger partial charge in [0.05, 0.1) is 7.11 Å². The van der Waals surface area contributed by atoms with Gasteiger partial charge in [0.25, 0.3) is 0 Å². The molecule has 0 aliphatic carbocycles. The second kappa shape index (κ2) is 8.40. The molecule has 1 aromatic rings. The first-order chi connectivity index (χ1) is 8.76. The fraction of sp³-hybridized carbons (Fsp3) is 0.429. The van der Waals surface area contributed by atoms with Crippen LogP contribution in [-0.4, -0.2) is 38.0 Å². The van der Waals surface area contributed by atoms with E-state index in [0.29, 0.717) is 25.3 Å². The lowest BCUT2D eigenvalue weighted by molar-refractivity contribution is 0.107. The summed E-state index contributed by atoms with van der Waals surface area (Å²) in [7, 11) is 1.61. The minimum absolute atomic E-state index is 0.245. The van der Waals surface area contributed by atoms with Crippen LogP contribution in [0.3, 0.4) is 0 Å². The van der Waals surface area contributed by atoms with Gasteiger partial charge in [0.15, 0.2) is 0 Å². The molecule has 0 amide bonds. The van der Waals surface area contributed by atoms with E-state index in [1.807, 2.05) is 12.1 Å². The zero-order valence-electron chi connectivity index (χ0n) is 10.6. The monoisotopic (exact) mass is 249 g/mol. The molecule has 0 bridgehead atoms. The molecule has 0 fully saturated rings. The molecule has 0 aliphatic heterocycles. The molecule has 0 aliphatic rings. The van der Waals surface area contributed by atoms with E-state index in [9.17, 15) is 5.11 Å². The van der Waals surface area contributed by atoms with E-state index >= 15 is 0 Å². The molecule has 98 valence electrons. The Hall–Kier alpha value is -1.70. The Balaban J connectivity index is 2.20. The second-order valence-electron chi connectivity index (χ2n) is 3.80. The van der Waals surface area contributed by atoms with Crippen LogP contribution in [0.25, 0.3) is 0 Å². The van der Waals surface area contributed by atoms with Crippen LogP contribution in [0.1, 0.15) is 6.42 Å². The van der Waals surface area contributed by atoms with Gasteiger partial charge in [-0.05, 0) is 24.3 Å². The van der Waals surface area contributed by atoms with Crippen molar-refractivity contribution in [2.45, 2.75) is 12.5 Å². The average Bonchev–Trinajstić information content (AvgIpc) is 2.42. The number of benzene rings is 1. The Morgan fingerprint density at radius 2 is 2.00 bits per heavy atom. The van der Waals surface area contributed by atoms with E-state index < -0.39 is 6.10 Å². The highest BCUT2D eigenvalue weighted by atomic mass is 16.5. The van der Waals surface area contributed by atoms with Crippen molar-refractivity contribution in [1.82, 2.24) is 5.32 Å². The molecule has 18 heavy (non-hydrogen) atoms. The lowest BCUT2D eigenvalue weighted by Crippen LogP contribution is -2.31. The summed E-state index contributed by atoms with van der Waals surface area (Å²) in [4.78, 5) is 0. The zero-order valence-corrected chi connectivity index (χ0v) is 10.6. The highest BCUT2D eigenvalue weighted by molar-refractivity contribution is 5.31. The largest absolute Gasteiger partial charge is 0.497 e. The number of hydrogen-bond donors (Lipinski definition) is 2. The van der Waals surface area contributed by atoms with Crippen molar-refractivity contribution in [3.8, 4) is 23.8 Å². The lowest BCUT2D eigenvalue weighted by atomic mass is 10.3.